The number of thiophene rings is 1. The highest BCUT2D eigenvalue weighted by Crippen LogP contribution is 2.30. The van der Waals surface area contributed by atoms with Crippen LogP contribution in [0.5, 0.6) is 5.75 Å². The number of hydrogen-bond donors (Lipinski definition) is 2. The Hall–Kier alpha value is -1.85. The van der Waals surface area contributed by atoms with Gasteiger partial charge in [-0.2, -0.15) is 0 Å². The van der Waals surface area contributed by atoms with E-state index in [9.17, 15) is 4.79 Å². The van der Waals surface area contributed by atoms with Crippen molar-refractivity contribution in [3.05, 3.63) is 51.2 Å². The summed E-state index contributed by atoms with van der Waals surface area (Å²) in [5.74, 6) is 0.818. The van der Waals surface area contributed by atoms with Gasteiger partial charge in [0.25, 0.3) is 5.91 Å². The van der Waals surface area contributed by atoms with Crippen LogP contribution in [-0.4, -0.2) is 19.6 Å². The SMILES string of the molecule is COc1csc(C(N)c2ccc3c(c2)C(=O)NCCC3)c1. The number of carbonyl (C=O) groups excluding carboxylic acids is 1. The molecule has 21 heavy (non-hydrogen) atoms. The number of carbonyl (C=O) groups is 1. The first-order valence-corrected chi connectivity index (χ1v) is 7.86. The van der Waals surface area contributed by atoms with E-state index in [1.165, 1.54) is 0 Å². The summed E-state index contributed by atoms with van der Waals surface area (Å²) in [5, 5.41) is 4.86. The van der Waals surface area contributed by atoms with E-state index in [0.717, 1.165) is 46.7 Å². The van der Waals surface area contributed by atoms with Gasteiger partial charge in [0.15, 0.2) is 0 Å². The predicted octanol–water partition coefficient (Wildman–Crippen LogP) is 2.48. The molecule has 1 aliphatic heterocycles. The van der Waals surface area contributed by atoms with Gasteiger partial charge < -0.3 is 15.8 Å². The van der Waals surface area contributed by atoms with Gasteiger partial charge >= 0.3 is 0 Å². The molecule has 5 heteroatoms. The minimum atomic E-state index is -0.236. The molecule has 0 radical (unpaired) electrons. The van der Waals surface area contributed by atoms with E-state index in [2.05, 4.69) is 5.32 Å². The van der Waals surface area contributed by atoms with Gasteiger partial charge in [0.1, 0.15) is 5.75 Å². The molecule has 2 heterocycles. The maximum atomic E-state index is 12.1. The number of hydrogen-bond acceptors (Lipinski definition) is 4. The summed E-state index contributed by atoms with van der Waals surface area (Å²) in [6, 6.07) is 7.68. The molecule has 3 N–H and O–H groups in total. The molecule has 0 saturated heterocycles. The topological polar surface area (TPSA) is 64.3 Å². The first kappa shape index (κ1) is 14.1. The fourth-order valence-corrected chi connectivity index (χ4v) is 3.45. The molecular weight excluding hydrogens is 284 g/mol. The fraction of sp³-hybridized carbons (Fsp3) is 0.312. The number of methoxy groups -OCH3 is 1. The van der Waals surface area contributed by atoms with Gasteiger partial charge in [-0.1, -0.05) is 12.1 Å². The minimum Gasteiger partial charge on any atom is -0.496 e. The maximum absolute atomic E-state index is 12.1. The minimum absolute atomic E-state index is 0.000287. The quantitative estimate of drug-likeness (QED) is 0.915. The summed E-state index contributed by atoms with van der Waals surface area (Å²) in [6.07, 6.45) is 1.91. The van der Waals surface area contributed by atoms with Crippen molar-refractivity contribution < 1.29 is 9.53 Å². The van der Waals surface area contributed by atoms with E-state index >= 15 is 0 Å². The maximum Gasteiger partial charge on any atom is 0.251 e. The van der Waals surface area contributed by atoms with Crippen LogP contribution >= 0.6 is 11.3 Å². The van der Waals surface area contributed by atoms with E-state index in [-0.39, 0.29) is 11.9 Å². The molecule has 1 amide bonds. The molecule has 1 unspecified atom stereocenters. The zero-order chi connectivity index (χ0) is 14.8. The Morgan fingerprint density at radius 2 is 2.24 bits per heavy atom. The molecule has 0 aliphatic carbocycles. The van der Waals surface area contributed by atoms with Crippen LogP contribution < -0.4 is 15.8 Å². The first-order chi connectivity index (χ1) is 10.2. The van der Waals surface area contributed by atoms with E-state index < -0.39 is 0 Å². The summed E-state index contributed by atoms with van der Waals surface area (Å²) in [4.78, 5) is 13.1. The average Bonchev–Trinajstić information content (AvgIpc) is 2.92. The largest absolute Gasteiger partial charge is 0.496 e. The Morgan fingerprint density at radius 1 is 1.38 bits per heavy atom. The molecule has 1 atom stereocenters. The Labute approximate surface area is 127 Å². The molecule has 4 nitrogen and oxygen atoms in total. The lowest BCUT2D eigenvalue weighted by Gasteiger charge is -2.13. The van der Waals surface area contributed by atoms with Gasteiger partial charge in [0.05, 0.1) is 13.2 Å². The highest BCUT2D eigenvalue weighted by atomic mass is 32.1. The Morgan fingerprint density at radius 3 is 3.00 bits per heavy atom. The second-order valence-electron chi connectivity index (χ2n) is 5.14. The Balaban J connectivity index is 1.93. The lowest BCUT2D eigenvalue weighted by Crippen LogP contribution is -2.23. The van der Waals surface area contributed by atoms with Crippen molar-refractivity contribution in [2.75, 3.05) is 13.7 Å². The van der Waals surface area contributed by atoms with Crippen LogP contribution in [0.2, 0.25) is 0 Å². The van der Waals surface area contributed by atoms with Gasteiger partial charge in [-0.05, 0) is 36.1 Å². The predicted molar refractivity (Wildman–Crippen MR) is 84.0 cm³/mol. The summed E-state index contributed by atoms with van der Waals surface area (Å²) in [5.41, 5.74) is 9.13. The molecular formula is C16H18N2O2S. The highest BCUT2D eigenvalue weighted by Gasteiger charge is 2.18. The molecule has 0 fully saturated rings. The lowest BCUT2D eigenvalue weighted by atomic mass is 9.97. The lowest BCUT2D eigenvalue weighted by molar-refractivity contribution is 0.0956. The number of ether oxygens (including phenoxy) is 1. The summed E-state index contributed by atoms with van der Waals surface area (Å²) in [7, 11) is 1.64. The fourth-order valence-electron chi connectivity index (χ4n) is 2.56. The number of nitrogens with two attached hydrogens (primary N) is 1. The number of aryl methyl sites for hydroxylation is 1. The van der Waals surface area contributed by atoms with E-state index in [4.69, 9.17) is 10.5 Å². The van der Waals surface area contributed by atoms with Crippen molar-refractivity contribution in [2.24, 2.45) is 5.73 Å². The van der Waals surface area contributed by atoms with Crippen LogP contribution in [-0.2, 0) is 6.42 Å². The number of rotatable bonds is 3. The number of fused-ring (bicyclic) bond motifs is 1. The van der Waals surface area contributed by atoms with Crippen LogP contribution in [0.15, 0.2) is 29.6 Å². The third kappa shape index (κ3) is 2.80. The highest BCUT2D eigenvalue weighted by molar-refractivity contribution is 7.10. The van der Waals surface area contributed by atoms with Gasteiger partial charge in [-0.25, -0.2) is 0 Å². The average molecular weight is 302 g/mol. The van der Waals surface area contributed by atoms with Crippen molar-refractivity contribution in [1.29, 1.82) is 0 Å². The van der Waals surface area contributed by atoms with Crippen molar-refractivity contribution in [1.82, 2.24) is 5.32 Å². The van der Waals surface area contributed by atoms with Crippen molar-refractivity contribution in [3.8, 4) is 5.75 Å². The van der Waals surface area contributed by atoms with Gasteiger partial charge in [-0.15, -0.1) is 11.3 Å². The molecule has 2 aromatic rings. The second kappa shape index (κ2) is 5.87. The smallest absolute Gasteiger partial charge is 0.251 e. The Bertz CT molecular complexity index is 666. The molecule has 0 bridgehead atoms. The van der Waals surface area contributed by atoms with Crippen molar-refractivity contribution in [3.63, 3.8) is 0 Å². The molecule has 1 aromatic heterocycles. The summed E-state index contributed by atoms with van der Waals surface area (Å²) >= 11 is 1.57. The summed E-state index contributed by atoms with van der Waals surface area (Å²) in [6.45, 7) is 0.733. The van der Waals surface area contributed by atoms with Crippen LogP contribution in [0, 0.1) is 0 Å². The zero-order valence-electron chi connectivity index (χ0n) is 11.9. The molecule has 110 valence electrons. The van der Waals surface area contributed by atoms with Gasteiger partial charge in [0, 0.05) is 22.4 Å². The van der Waals surface area contributed by atoms with Crippen molar-refractivity contribution in [2.45, 2.75) is 18.9 Å². The van der Waals surface area contributed by atoms with E-state index in [1.54, 1.807) is 18.4 Å². The van der Waals surface area contributed by atoms with E-state index in [1.807, 2.05) is 29.6 Å². The summed E-state index contributed by atoms with van der Waals surface area (Å²) < 4.78 is 5.20. The second-order valence-corrected chi connectivity index (χ2v) is 6.09. The molecule has 1 aliphatic rings. The number of amides is 1. The van der Waals surface area contributed by atoms with Gasteiger partial charge in [0.2, 0.25) is 0 Å². The van der Waals surface area contributed by atoms with Crippen LogP contribution in [0.3, 0.4) is 0 Å². The monoisotopic (exact) mass is 302 g/mol. The zero-order valence-corrected chi connectivity index (χ0v) is 12.7. The van der Waals surface area contributed by atoms with Crippen molar-refractivity contribution >= 4 is 17.2 Å². The van der Waals surface area contributed by atoms with Crippen LogP contribution in [0.25, 0.3) is 0 Å². The number of benzene rings is 1. The van der Waals surface area contributed by atoms with E-state index in [0.29, 0.717) is 0 Å². The van der Waals surface area contributed by atoms with Crippen LogP contribution in [0.4, 0.5) is 0 Å². The normalized spacial score (nSPS) is 15.8. The van der Waals surface area contributed by atoms with Crippen LogP contribution in [0.1, 0.15) is 38.8 Å². The first-order valence-electron chi connectivity index (χ1n) is 6.98. The Kier molecular flexibility index (Phi) is 3.94. The molecule has 3 rings (SSSR count). The standard InChI is InChI=1S/C16H18N2O2S/c1-20-12-8-14(21-9-12)15(17)11-5-4-10-3-2-6-18-16(19)13(10)7-11/h4-5,7-9,15H,2-3,6,17H2,1H3,(H,18,19). The third-order valence-electron chi connectivity index (χ3n) is 3.78. The molecule has 0 saturated carbocycles. The number of nitrogens with one attached hydrogen (secondary N) is 1. The molecule has 1 aromatic carbocycles. The third-order valence-corrected chi connectivity index (χ3v) is 4.78. The van der Waals surface area contributed by atoms with Gasteiger partial charge in [-0.3, -0.25) is 4.79 Å². The molecule has 0 spiro atoms.